The number of hydrogen-bond acceptors (Lipinski definition) is 3. The van der Waals surface area contributed by atoms with Crippen molar-refractivity contribution < 1.29 is 23.8 Å². The van der Waals surface area contributed by atoms with Gasteiger partial charge in [0.25, 0.3) is 0 Å². The van der Waals surface area contributed by atoms with E-state index in [9.17, 15) is 19.1 Å². The van der Waals surface area contributed by atoms with Crippen LogP contribution in [0.2, 0.25) is 0 Å². The van der Waals surface area contributed by atoms with Gasteiger partial charge in [0.15, 0.2) is 0 Å². The number of carboxylic acids is 1. The first-order valence-electron chi connectivity index (χ1n) is 8.87. The Labute approximate surface area is 157 Å². The van der Waals surface area contributed by atoms with E-state index >= 15 is 0 Å². The minimum absolute atomic E-state index is 0.0544. The molecule has 0 heterocycles. The Morgan fingerprint density at radius 3 is 2.59 bits per heavy atom. The summed E-state index contributed by atoms with van der Waals surface area (Å²) in [6.45, 7) is 0.0544. The molecule has 0 spiro atoms. The van der Waals surface area contributed by atoms with Crippen molar-refractivity contribution in [1.82, 2.24) is 5.32 Å². The third-order valence-corrected chi connectivity index (χ3v) is 4.96. The van der Waals surface area contributed by atoms with Gasteiger partial charge in [0.2, 0.25) is 5.91 Å². The molecule has 3 unspecified atom stereocenters. The van der Waals surface area contributed by atoms with E-state index in [0.717, 1.165) is 11.1 Å². The topological polar surface area (TPSA) is 75.6 Å². The number of ether oxygens (including phenoxy) is 1. The van der Waals surface area contributed by atoms with Gasteiger partial charge in [-0.3, -0.25) is 9.59 Å². The Morgan fingerprint density at radius 2 is 1.93 bits per heavy atom. The van der Waals surface area contributed by atoms with Gasteiger partial charge < -0.3 is 15.2 Å². The zero-order chi connectivity index (χ0) is 19.4. The molecule has 142 valence electrons. The number of hydrogen-bond donors (Lipinski definition) is 2. The molecule has 27 heavy (non-hydrogen) atoms. The smallest absolute Gasteiger partial charge is 0.308 e. The number of benzene rings is 2. The predicted octanol–water partition coefficient (Wildman–Crippen LogP) is 3.00. The van der Waals surface area contributed by atoms with Gasteiger partial charge in [0, 0.05) is 12.5 Å². The zero-order valence-electron chi connectivity index (χ0n) is 15.0. The molecule has 5 nitrogen and oxygen atoms in total. The van der Waals surface area contributed by atoms with Crippen molar-refractivity contribution in [3.05, 3.63) is 65.5 Å². The summed E-state index contributed by atoms with van der Waals surface area (Å²) in [7, 11) is 1.54. The molecule has 1 saturated carbocycles. The second-order valence-electron chi connectivity index (χ2n) is 6.80. The maximum absolute atomic E-state index is 13.0. The number of para-hydroxylation sites is 1. The minimum Gasteiger partial charge on any atom is -0.496 e. The summed E-state index contributed by atoms with van der Waals surface area (Å²) in [6.07, 6.45) is 0.966. The third kappa shape index (κ3) is 4.64. The minimum atomic E-state index is -0.966. The fourth-order valence-electron chi connectivity index (χ4n) is 3.30. The lowest BCUT2D eigenvalue weighted by atomic mass is 9.98. The van der Waals surface area contributed by atoms with E-state index in [1.807, 2.05) is 18.2 Å². The molecule has 6 heteroatoms. The molecule has 2 aromatic carbocycles. The van der Waals surface area contributed by atoms with Gasteiger partial charge in [0.1, 0.15) is 11.6 Å². The van der Waals surface area contributed by atoms with Crippen LogP contribution in [0.25, 0.3) is 0 Å². The summed E-state index contributed by atoms with van der Waals surface area (Å²) in [5.74, 6) is -1.65. The Morgan fingerprint density at radius 1 is 1.22 bits per heavy atom. The normalized spacial score (nSPS) is 19.2. The molecule has 1 aliphatic rings. The van der Waals surface area contributed by atoms with E-state index < -0.39 is 11.9 Å². The standard InChI is InChI=1S/C21H22FNO4/c1-27-19-5-3-2-4-14(19)10-15(21(25)26)12-23-20(24)18-11-17(18)13-6-8-16(22)9-7-13/h2-9,15,17-18H,10-12H2,1H3,(H,23,24)(H,25,26). The van der Waals surface area contributed by atoms with E-state index in [1.54, 1.807) is 25.3 Å². The monoisotopic (exact) mass is 371 g/mol. The number of aliphatic carboxylic acids is 1. The Hall–Kier alpha value is -2.89. The molecule has 0 saturated heterocycles. The number of carbonyl (C=O) groups is 2. The van der Waals surface area contributed by atoms with E-state index in [-0.39, 0.29) is 36.5 Å². The number of methoxy groups -OCH3 is 1. The van der Waals surface area contributed by atoms with Crippen LogP contribution < -0.4 is 10.1 Å². The summed E-state index contributed by atoms with van der Waals surface area (Å²) in [5.41, 5.74) is 1.72. The van der Waals surface area contributed by atoms with Crippen LogP contribution in [0, 0.1) is 17.7 Å². The molecular weight excluding hydrogens is 349 g/mol. The van der Waals surface area contributed by atoms with Crippen molar-refractivity contribution in [2.24, 2.45) is 11.8 Å². The second kappa shape index (κ2) is 8.20. The largest absolute Gasteiger partial charge is 0.496 e. The Bertz CT molecular complexity index is 821. The average molecular weight is 371 g/mol. The van der Waals surface area contributed by atoms with Gasteiger partial charge in [-0.2, -0.15) is 0 Å². The number of amides is 1. The first-order chi connectivity index (χ1) is 13.0. The van der Waals surface area contributed by atoms with E-state index in [1.165, 1.54) is 12.1 Å². The maximum Gasteiger partial charge on any atom is 0.308 e. The maximum atomic E-state index is 13.0. The first-order valence-corrected chi connectivity index (χ1v) is 8.87. The molecule has 0 bridgehead atoms. The zero-order valence-corrected chi connectivity index (χ0v) is 15.0. The molecule has 0 aliphatic heterocycles. The van der Waals surface area contributed by atoms with Crippen molar-refractivity contribution in [2.45, 2.75) is 18.8 Å². The van der Waals surface area contributed by atoms with Crippen molar-refractivity contribution in [2.75, 3.05) is 13.7 Å². The van der Waals surface area contributed by atoms with Crippen LogP contribution in [0.3, 0.4) is 0 Å². The molecule has 3 atom stereocenters. The van der Waals surface area contributed by atoms with Crippen LogP contribution in [0.5, 0.6) is 5.75 Å². The highest BCUT2D eigenvalue weighted by Gasteiger charge is 2.44. The van der Waals surface area contributed by atoms with Crippen LogP contribution in [0.15, 0.2) is 48.5 Å². The number of rotatable bonds is 8. The highest BCUT2D eigenvalue weighted by atomic mass is 19.1. The fraction of sp³-hybridized carbons (Fsp3) is 0.333. The third-order valence-electron chi connectivity index (χ3n) is 4.96. The number of carbonyl (C=O) groups excluding carboxylic acids is 1. The van der Waals surface area contributed by atoms with E-state index in [0.29, 0.717) is 12.2 Å². The number of nitrogens with one attached hydrogen (secondary N) is 1. The molecule has 3 rings (SSSR count). The van der Waals surface area contributed by atoms with Gasteiger partial charge in [-0.1, -0.05) is 30.3 Å². The van der Waals surface area contributed by atoms with Crippen LogP contribution in [0.4, 0.5) is 4.39 Å². The molecule has 2 N–H and O–H groups in total. The summed E-state index contributed by atoms with van der Waals surface area (Å²) in [5, 5.41) is 12.3. The van der Waals surface area contributed by atoms with E-state index in [4.69, 9.17) is 4.74 Å². The average Bonchev–Trinajstić information content (AvgIpc) is 3.46. The molecule has 1 aliphatic carbocycles. The quantitative estimate of drug-likeness (QED) is 0.748. The van der Waals surface area contributed by atoms with Gasteiger partial charge in [-0.15, -0.1) is 0 Å². The van der Waals surface area contributed by atoms with Gasteiger partial charge in [-0.25, -0.2) is 4.39 Å². The predicted molar refractivity (Wildman–Crippen MR) is 98.1 cm³/mol. The summed E-state index contributed by atoms with van der Waals surface area (Å²) in [4.78, 5) is 23.9. The van der Waals surface area contributed by atoms with Gasteiger partial charge in [0.05, 0.1) is 13.0 Å². The van der Waals surface area contributed by atoms with Crippen molar-refractivity contribution in [3.8, 4) is 5.75 Å². The second-order valence-corrected chi connectivity index (χ2v) is 6.80. The Balaban J connectivity index is 1.56. The van der Waals surface area contributed by atoms with E-state index in [2.05, 4.69) is 5.32 Å². The molecule has 1 amide bonds. The molecule has 1 fully saturated rings. The summed E-state index contributed by atoms with van der Waals surface area (Å²) >= 11 is 0. The van der Waals surface area contributed by atoms with Crippen molar-refractivity contribution in [1.29, 1.82) is 0 Å². The number of carboxylic acid groups (broad SMARTS) is 1. The Kier molecular flexibility index (Phi) is 5.74. The van der Waals surface area contributed by atoms with Gasteiger partial charge in [-0.05, 0) is 48.1 Å². The van der Waals surface area contributed by atoms with Crippen LogP contribution >= 0.6 is 0 Å². The summed E-state index contributed by atoms with van der Waals surface area (Å²) < 4.78 is 18.3. The van der Waals surface area contributed by atoms with Crippen molar-refractivity contribution >= 4 is 11.9 Å². The highest BCUT2D eigenvalue weighted by Crippen LogP contribution is 2.47. The fourth-order valence-corrected chi connectivity index (χ4v) is 3.30. The van der Waals surface area contributed by atoms with Crippen molar-refractivity contribution in [3.63, 3.8) is 0 Å². The van der Waals surface area contributed by atoms with Crippen LogP contribution in [-0.2, 0) is 16.0 Å². The lowest BCUT2D eigenvalue weighted by Gasteiger charge is -2.15. The summed E-state index contributed by atoms with van der Waals surface area (Å²) in [6, 6.07) is 13.4. The SMILES string of the molecule is COc1ccccc1CC(CNC(=O)C1CC1c1ccc(F)cc1)C(=O)O. The van der Waals surface area contributed by atoms with Crippen LogP contribution in [-0.4, -0.2) is 30.6 Å². The van der Waals surface area contributed by atoms with Gasteiger partial charge >= 0.3 is 5.97 Å². The molecular formula is C21H22FNO4. The molecule has 2 aromatic rings. The number of halogens is 1. The lowest BCUT2D eigenvalue weighted by Crippen LogP contribution is -2.35. The molecule has 0 aromatic heterocycles. The lowest BCUT2D eigenvalue weighted by molar-refractivity contribution is -0.141. The molecule has 0 radical (unpaired) electrons. The van der Waals surface area contributed by atoms with Crippen LogP contribution in [0.1, 0.15) is 23.5 Å². The highest BCUT2D eigenvalue weighted by molar-refractivity contribution is 5.83. The first kappa shape index (κ1) is 18.9.